The van der Waals surface area contributed by atoms with Crippen molar-refractivity contribution in [3.63, 3.8) is 0 Å². The van der Waals surface area contributed by atoms with Gasteiger partial charge in [0.05, 0.1) is 23.9 Å². The van der Waals surface area contributed by atoms with E-state index < -0.39 is 6.17 Å². The van der Waals surface area contributed by atoms with Crippen LogP contribution in [0.1, 0.15) is 29.3 Å². The summed E-state index contributed by atoms with van der Waals surface area (Å²) in [7, 11) is 1.50. The second-order valence-corrected chi connectivity index (χ2v) is 9.62. The first-order valence-corrected chi connectivity index (χ1v) is 12.9. The highest BCUT2D eigenvalue weighted by Crippen LogP contribution is 2.37. The third-order valence-corrected chi connectivity index (χ3v) is 6.83. The molecule has 1 aliphatic heterocycles. The zero-order valence-electron chi connectivity index (χ0n) is 22.3. The Kier molecular flexibility index (Phi) is 7.64. The number of carbonyl (C=O) groups is 1. The second kappa shape index (κ2) is 11.5. The first-order valence-electron chi connectivity index (χ1n) is 12.9. The zero-order chi connectivity index (χ0) is 28.2. The van der Waals surface area contributed by atoms with Crippen molar-refractivity contribution < 1.29 is 18.3 Å². The molecular weight excluding hydrogens is 511 g/mol. The lowest BCUT2D eigenvalue weighted by Crippen LogP contribution is -2.38. The van der Waals surface area contributed by atoms with Crippen LogP contribution in [0.25, 0.3) is 33.7 Å². The smallest absolute Gasteiger partial charge is 0.253 e. The van der Waals surface area contributed by atoms with Gasteiger partial charge >= 0.3 is 0 Å². The topological polar surface area (TPSA) is 116 Å². The molecule has 2 atom stereocenters. The standard InChI is InChI=1S/C30H29FN6O3/c1-4-33-15-18(2)36-30(38)21-12-26(39-3)28(35-16-21)27-13-24-29(40-27)23(7-9-34-24)19-5-6-25(20(11-19)14-32)37-10-8-22(31)17-37/h4-7,9,11-13,16,18,22,33H,1,8,10,15,17H2,2-3H3,(H,36,38)/t18-,22+/m0/s1. The van der Waals surface area contributed by atoms with Gasteiger partial charge in [-0.1, -0.05) is 12.6 Å². The van der Waals surface area contributed by atoms with Crippen molar-refractivity contribution in [1.29, 1.82) is 5.26 Å². The van der Waals surface area contributed by atoms with Gasteiger partial charge in [-0.25, -0.2) is 9.37 Å². The molecule has 40 heavy (non-hydrogen) atoms. The Labute approximate surface area is 231 Å². The second-order valence-electron chi connectivity index (χ2n) is 9.62. The maximum Gasteiger partial charge on any atom is 0.253 e. The van der Waals surface area contributed by atoms with E-state index in [0.717, 1.165) is 16.8 Å². The normalized spacial score (nSPS) is 15.4. The Morgan fingerprint density at radius 3 is 2.92 bits per heavy atom. The number of anilines is 1. The fraction of sp³-hybridized carbons (Fsp3) is 0.267. The Balaban J connectivity index is 1.46. The summed E-state index contributed by atoms with van der Waals surface area (Å²) < 4.78 is 25.6. The molecule has 4 aromatic rings. The van der Waals surface area contributed by atoms with Gasteiger partial charge < -0.3 is 24.7 Å². The molecule has 204 valence electrons. The number of nitrogens with one attached hydrogen (secondary N) is 2. The molecule has 0 bridgehead atoms. The highest BCUT2D eigenvalue weighted by atomic mass is 19.1. The number of benzene rings is 1. The summed E-state index contributed by atoms with van der Waals surface area (Å²) >= 11 is 0. The van der Waals surface area contributed by atoms with Crippen molar-refractivity contribution in [2.75, 3.05) is 31.6 Å². The van der Waals surface area contributed by atoms with Crippen LogP contribution in [-0.4, -0.2) is 54.8 Å². The number of ether oxygens (including phenoxy) is 1. The number of alkyl halides is 1. The van der Waals surface area contributed by atoms with Crippen molar-refractivity contribution >= 4 is 22.7 Å². The third kappa shape index (κ3) is 5.31. The van der Waals surface area contributed by atoms with E-state index in [4.69, 9.17) is 9.15 Å². The molecule has 1 fully saturated rings. The summed E-state index contributed by atoms with van der Waals surface area (Å²) in [5.74, 6) is 0.514. The van der Waals surface area contributed by atoms with E-state index in [9.17, 15) is 14.4 Å². The van der Waals surface area contributed by atoms with Crippen LogP contribution in [0, 0.1) is 11.3 Å². The van der Waals surface area contributed by atoms with Crippen LogP contribution >= 0.6 is 0 Å². The predicted molar refractivity (Wildman–Crippen MR) is 151 cm³/mol. The Hall–Kier alpha value is -4.91. The van der Waals surface area contributed by atoms with Crippen LogP contribution in [0.3, 0.4) is 0 Å². The monoisotopic (exact) mass is 540 g/mol. The molecule has 4 heterocycles. The molecule has 0 spiro atoms. The van der Waals surface area contributed by atoms with Crippen molar-refractivity contribution in [2.24, 2.45) is 0 Å². The van der Waals surface area contributed by atoms with Gasteiger partial charge in [0.1, 0.15) is 29.2 Å². The molecule has 0 saturated carbocycles. The van der Waals surface area contributed by atoms with E-state index in [1.165, 1.54) is 13.3 Å². The summed E-state index contributed by atoms with van der Waals surface area (Å²) in [4.78, 5) is 23.5. The molecule has 3 aromatic heterocycles. The molecule has 9 nitrogen and oxygen atoms in total. The summed E-state index contributed by atoms with van der Waals surface area (Å²) in [6.07, 6.45) is 4.29. The summed E-state index contributed by atoms with van der Waals surface area (Å²) in [5, 5.41) is 15.7. The Morgan fingerprint density at radius 2 is 2.20 bits per heavy atom. The predicted octanol–water partition coefficient (Wildman–Crippen LogP) is 4.84. The molecule has 0 radical (unpaired) electrons. The summed E-state index contributed by atoms with van der Waals surface area (Å²) in [5.41, 5.74) is 4.61. The molecule has 1 amide bonds. The highest BCUT2D eigenvalue weighted by Gasteiger charge is 2.25. The number of hydrogen-bond donors (Lipinski definition) is 2. The number of methoxy groups -OCH3 is 1. The first-order chi connectivity index (χ1) is 19.4. The van der Waals surface area contributed by atoms with Gasteiger partial charge in [-0.05, 0) is 49.4 Å². The average molecular weight is 541 g/mol. The van der Waals surface area contributed by atoms with Gasteiger partial charge in [0.15, 0.2) is 11.3 Å². The van der Waals surface area contributed by atoms with Gasteiger partial charge in [-0.15, -0.1) is 0 Å². The van der Waals surface area contributed by atoms with Crippen molar-refractivity contribution in [2.45, 2.75) is 25.6 Å². The molecule has 2 N–H and O–H groups in total. The lowest BCUT2D eigenvalue weighted by Gasteiger charge is -2.19. The van der Waals surface area contributed by atoms with E-state index >= 15 is 0 Å². The number of furan rings is 1. The number of nitrogens with zero attached hydrogens (tertiary/aromatic N) is 4. The minimum atomic E-state index is -0.884. The highest BCUT2D eigenvalue weighted by molar-refractivity contribution is 5.96. The minimum absolute atomic E-state index is 0.123. The lowest BCUT2D eigenvalue weighted by molar-refractivity contribution is 0.0939. The van der Waals surface area contributed by atoms with Crippen LogP contribution in [0.2, 0.25) is 0 Å². The number of hydrogen-bond acceptors (Lipinski definition) is 8. The molecular formula is C30H29FN6O3. The Morgan fingerprint density at radius 1 is 1.35 bits per heavy atom. The van der Waals surface area contributed by atoms with Crippen LogP contribution in [0.5, 0.6) is 5.75 Å². The largest absolute Gasteiger partial charge is 0.494 e. The van der Waals surface area contributed by atoms with Gasteiger partial charge in [0, 0.05) is 49.7 Å². The van der Waals surface area contributed by atoms with Crippen molar-refractivity contribution in [3.8, 4) is 34.4 Å². The van der Waals surface area contributed by atoms with E-state index in [-0.39, 0.29) is 18.5 Å². The summed E-state index contributed by atoms with van der Waals surface area (Å²) in [6.45, 7) is 6.90. The number of aromatic nitrogens is 2. The fourth-order valence-corrected chi connectivity index (χ4v) is 4.82. The minimum Gasteiger partial charge on any atom is -0.494 e. The number of carbonyl (C=O) groups excluding carboxylic acids is 1. The van der Waals surface area contributed by atoms with Crippen molar-refractivity contribution in [3.05, 3.63) is 72.7 Å². The number of pyridine rings is 2. The number of nitriles is 1. The average Bonchev–Trinajstić information content (AvgIpc) is 3.61. The van der Waals surface area contributed by atoms with Gasteiger partial charge in [0.2, 0.25) is 0 Å². The summed E-state index contributed by atoms with van der Waals surface area (Å²) in [6, 6.07) is 12.9. The maximum absolute atomic E-state index is 13.8. The van der Waals surface area contributed by atoms with E-state index in [1.807, 2.05) is 30.0 Å². The van der Waals surface area contributed by atoms with Crippen LogP contribution in [0.15, 0.2) is 66.0 Å². The van der Waals surface area contributed by atoms with Crippen molar-refractivity contribution in [1.82, 2.24) is 20.6 Å². The van der Waals surface area contributed by atoms with Crippen LogP contribution < -0.4 is 20.3 Å². The molecule has 0 unspecified atom stereocenters. The number of halogens is 1. The van der Waals surface area contributed by atoms with E-state index in [0.29, 0.717) is 58.9 Å². The van der Waals surface area contributed by atoms with Crippen LogP contribution in [-0.2, 0) is 0 Å². The lowest BCUT2D eigenvalue weighted by atomic mass is 10.0. The fourth-order valence-electron chi connectivity index (χ4n) is 4.82. The molecule has 0 aliphatic carbocycles. The molecule has 1 saturated heterocycles. The van der Waals surface area contributed by atoms with Gasteiger partial charge in [0.25, 0.3) is 5.91 Å². The molecule has 1 aromatic carbocycles. The van der Waals surface area contributed by atoms with E-state index in [2.05, 4.69) is 33.2 Å². The quantitative estimate of drug-likeness (QED) is 0.310. The number of fused-ring (bicyclic) bond motifs is 1. The van der Waals surface area contributed by atoms with E-state index in [1.54, 1.807) is 30.6 Å². The number of amides is 1. The first kappa shape index (κ1) is 26.7. The molecule has 5 rings (SSSR count). The maximum atomic E-state index is 13.8. The zero-order valence-corrected chi connectivity index (χ0v) is 22.3. The third-order valence-electron chi connectivity index (χ3n) is 6.83. The van der Waals surface area contributed by atoms with Gasteiger partial charge in [-0.2, -0.15) is 5.26 Å². The Bertz CT molecular complexity index is 1610. The SMILES string of the molecule is C=CNC[C@H](C)NC(=O)c1cnc(-c2cc3nccc(-c4ccc(N5CC[C@@H](F)C5)c(C#N)c4)c3o2)c(OC)c1. The molecule has 1 aliphatic rings. The molecule has 10 heteroatoms. The number of rotatable bonds is 9. The van der Waals surface area contributed by atoms with Crippen LogP contribution in [0.4, 0.5) is 10.1 Å². The van der Waals surface area contributed by atoms with Gasteiger partial charge in [-0.3, -0.25) is 9.78 Å².